The summed E-state index contributed by atoms with van der Waals surface area (Å²) in [5, 5.41) is 2.86. The lowest BCUT2D eigenvalue weighted by molar-refractivity contribution is -0.126. The molecule has 0 unspecified atom stereocenters. The maximum atomic E-state index is 14.7. The van der Waals surface area contributed by atoms with Gasteiger partial charge in [0.2, 0.25) is 17.5 Å². The molecule has 1 saturated heterocycles. The number of furan rings is 1. The van der Waals surface area contributed by atoms with Crippen molar-refractivity contribution < 1.29 is 27.9 Å². The summed E-state index contributed by atoms with van der Waals surface area (Å²) < 4.78 is 25.5. The molecular formula is C21H17FN4O5. The first-order chi connectivity index (χ1) is 14.8. The normalized spacial score (nSPS) is 20.5. The van der Waals surface area contributed by atoms with Crippen LogP contribution in [0.4, 0.5) is 4.39 Å². The summed E-state index contributed by atoms with van der Waals surface area (Å²) in [7, 11) is 1.32. The van der Waals surface area contributed by atoms with Gasteiger partial charge in [0.15, 0.2) is 11.6 Å². The number of rotatable bonds is 4. The second-order valence-electron chi connectivity index (χ2n) is 7.70. The van der Waals surface area contributed by atoms with E-state index < -0.39 is 29.0 Å². The summed E-state index contributed by atoms with van der Waals surface area (Å²) in [5.74, 6) is -1.74. The first kappa shape index (κ1) is 19.2. The van der Waals surface area contributed by atoms with Crippen LogP contribution in [0.15, 0.2) is 28.8 Å². The van der Waals surface area contributed by atoms with Gasteiger partial charge in [-0.2, -0.15) is 4.98 Å². The minimum Gasteiger partial charge on any atom is -0.494 e. The van der Waals surface area contributed by atoms with Gasteiger partial charge in [0, 0.05) is 19.3 Å². The fourth-order valence-corrected chi connectivity index (χ4v) is 4.21. The van der Waals surface area contributed by atoms with E-state index in [1.165, 1.54) is 18.1 Å². The molecule has 3 amide bonds. The molecule has 10 heteroatoms. The highest BCUT2D eigenvalue weighted by molar-refractivity contribution is 6.10. The van der Waals surface area contributed by atoms with E-state index in [2.05, 4.69) is 15.3 Å². The third kappa shape index (κ3) is 2.78. The van der Waals surface area contributed by atoms with Crippen molar-refractivity contribution in [2.24, 2.45) is 0 Å². The molecule has 1 fully saturated rings. The first-order valence-corrected chi connectivity index (χ1v) is 9.55. The lowest BCUT2D eigenvalue weighted by Gasteiger charge is -2.28. The lowest BCUT2D eigenvalue weighted by Crippen LogP contribution is -2.46. The number of nitrogens with one attached hydrogen (secondary N) is 1. The number of halogens is 1. The number of imide groups is 1. The van der Waals surface area contributed by atoms with Gasteiger partial charge < -0.3 is 14.1 Å². The van der Waals surface area contributed by atoms with E-state index >= 15 is 0 Å². The summed E-state index contributed by atoms with van der Waals surface area (Å²) >= 11 is 0. The molecule has 2 aliphatic rings. The molecule has 0 aliphatic carbocycles. The highest BCUT2D eigenvalue weighted by atomic mass is 19.1. The summed E-state index contributed by atoms with van der Waals surface area (Å²) in [6.45, 7) is 1.63. The molecular weight excluding hydrogens is 407 g/mol. The molecule has 0 radical (unpaired) electrons. The number of fused-ring (bicyclic) bond motifs is 2. The minimum atomic E-state index is -1.45. The Bertz CT molecular complexity index is 1290. The molecule has 4 heterocycles. The molecule has 9 nitrogen and oxygen atoms in total. The highest BCUT2D eigenvalue weighted by Crippen LogP contribution is 2.39. The Labute approximate surface area is 175 Å². The average molecular weight is 424 g/mol. The number of carbonyl (C=O) groups excluding carboxylic acids is 3. The van der Waals surface area contributed by atoms with E-state index in [1.54, 1.807) is 25.3 Å². The van der Waals surface area contributed by atoms with Crippen molar-refractivity contribution in [2.75, 3.05) is 13.7 Å². The molecule has 1 atom stereocenters. The number of carbonyl (C=O) groups is 3. The summed E-state index contributed by atoms with van der Waals surface area (Å²) in [4.78, 5) is 47.8. The number of ether oxygens (including phenoxy) is 1. The van der Waals surface area contributed by atoms with Crippen LogP contribution in [0, 0.1) is 12.7 Å². The molecule has 0 saturated carbocycles. The Kier molecular flexibility index (Phi) is 4.07. The van der Waals surface area contributed by atoms with Crippen LogP contribution in [0.2, 0.25) is 0 Å². The first-order valence-electron chi connectivity index (χ1n) is 9.55. The van der Waals surface area contributed by atoms with Gasteiger partial charge in [0.05, 0.1) is 24.5 Å². The second-order valence-corrected chi connectivity index (χ2v) is 7.70. The van der Waals surface area contributed by atoms with E-state index in [0.29, 0.717) is 16.8 Å². The number of aromatic nitrogens is 2. The molecule has 2 aromatic heterocycles. The number of benzene rings is 1. The minimum absolute atomic E-state index is 0.0383. The van der Waals surface area contributed by atoms with Crippen molar-refractivity contribution >= 4 is 28.8 Å². The van der Waals surface area contributed by atoms with Gasteiger partial charge in [0.1, 0.15) is 17.0 Å². The van der Waals surface area contributed by atoms with Crippen molar-refractivity contribution in [3.8, 4) is 5.75 Å². The van der Waals surface area contributed by atoms with Crippen molar-refractivity contribution in [1.29, 1.82) is 0 Å². The number of nitrogens with zero attached hydrogens (tertiary/aromatic N) is 3. The number of amides is 3. The summed E-state index contributed by atoms with van der Waals surface area (Å²) in [6.07, 6.45) is 1.36. The Hall–Kier alpha value is -3.82. The summed E-state index contributed by atoms with van der Waals surface area (Å²) in [6, 6.07) is 4.66. The van der Waals surface area contributed by atoms with E-state index in [4.69, 9.17) is 9.15 Å². The van der Waals surface area contributed by atoms with Crippen molar-refractivity contribution in [1.82, 2.24) is 20.2 Å². The average Bonchev–Trinajstić information content (AvgIpc) is 3.37. The van der Waals surface area contributed by atoms with Crippen LogP contribution in [0.1, 0.15) is 33.9 Å². The van der Waals surface area contributed by atoms with E-state index in [9.17, 15) is 18.8 Å². The quantitative estimate of drug-likeness (QED) is 0.633. The fourth-order valence-electron chi connectivity index (χ4n) is 4.21. The number of methoxy groups -OCH3 is 1. The Morgan fingerprint density at radius 3 is 2.84 bits per heavy atom. The van der Waals surface area contributed by atoms with Crippen LogP contribution in [-0.2, 0) is 21.5 Å². The summed E-state index contributed by atoms with van der Waals surface area (Å²) in [5.41, 5.74) is -0.787. The highest BCUT2D eigenvalue weighted by Gasteiger charge is 2.53. The van der Waals surface area contributed by atoms with Crippen LogP contribution in [0.25, 0.3) is 11.1 Å². The van der Waals surface area contributed by atoms with Gasteiger partial charge in [-0.05, 0) is 24.6 Å². The standard InChI is InChI=1S/C21H17FN4O5/c1-10-23-7-12-5-14(31-18(12)24-10)21(6-15(27)25-20(21)29)9-26-8-11-3-4-13(30-2)17(22)16(11)19(26)28/h3-5,7H,6,8-9H2,1-2H3,(H,25,27,29)/t21-/m1/s1. The van der Waals surface area contributed by atoms with E-state index in [-0.39, 0.29) is 42.3 Å². The van der Waals surface area contributed by atoms with Gasteiger partial charge in [-0.1, -0.05) is 6.07 Å². The largest absolute Gasteiger partial charge is 0.494 e. The predicted molar refractivity (Wildman–Crippen MR) is 104 cm³/mol. The molecule has 5 rings (SSSR count). The maximum Gasteiger partial charge on any atom is 0.257 e. The van der Waals surface area contributed by atoms with Gasteiger partial charge in [-0.25, -0.2) is 9.37 Å². The third-order valence-electron chi connectivity index (χ3n) is 5.75. The maximum absolute atomic E-state index is 14.7. The van der Waals surface area contributed by atoms with Crippen molar-refractivity contribution in [2.45, 2.75) is 25.3 Å². The topological polar surface area (TPSA) is 115 Å². The van der Waals surface area contributed by atoms with Gasteiger partial charge >= 0.3 is 0 Å². The van der Waals surface area contributed by atoms with Crippen molar-refractivity contribution in [3.63, 3.8) is 0 Å². The molecule has 158 valence electrons. The van der Waals surface area contributed by atoms with Crippen LogP contribution in [0.5, 0.6) is 5.75 Å². The number of hydrogen-bond acceptors (Lipinski definition) is 7. The Balaban J connectivity index is 1.56. The monoisotopic (exact) mass is 424 g/mol. The van der Waals surface area contributed by atoms with E-state index in [1.807, 2.05) is 0 Å². The zero-order chi connectivity index (χ0) is 21.9. The Morgan fingerprint density at radius 1 is 1.32 bits per heavy atom. The Morgan fingerprint density at radius 2 is 2.13 bits per heavy atom. The molecule has 31 heavy (non-hydrogen) atoms. The molecule has 1 aromatic carbocycles. The molecule has 2 aliphatic heterocycles. The van der Waals surface area contributed by atoms with Gasteiger partial charge in [-0.3, -0.25) is 19.7 Å². The smallest absolute Gasteiger partial charge is 0.257 e. The van der Waals surface area contributed by atoms with Crippen LogP contribution in [-0.4, -0.2) is 46.2 Å². The third-order valence-corrected chi connectivity index (χ3v) is 5.75. The van der Waals surface area contributed by atoms with Crippen LogP contribution >= 0.6 is 0 Å². The molecule has 0 bridgehead atoms. The van der Waals surface area contributed by atoms with Gasteiger partial charge in [0.25, 0.3) is 5.91 Å². The molecule has 3 aromatic rings. The fraction of sp³-hybridized carbons (Fsp3) is 0.286. The van der Waals surface area contributed by atoms with Gasteiger partial charge in [-0.15, -0.1) is 0 Å². The number of hydrogen-bond donors (Lipinski definition) is 1. The zero-order valence-corrected chi connectivity index (χ0v) is 16.7. The predicted octanol–water partition coefficient (Wildman–Crippen LogP) is 1.62. The van der Waals surface area contributed by atoms with Crippen molar-refractivity contribution in [3.05, 3.63) is 52.9 Å². The molecule has 0 spiro atoms. The van der Waals surface area contributed by atoms with Crippen LogP contribution < -0.4 is 10.1 Å². The van der Waals surface area contributed by atoms with E-state index in [0.717, 1.165) is 0 Å². The second kappa shape index (κ2) is 6.59. The SMILES string of the molecule is COc1ccc2c(c1F)C(=O)N(C[C@@]1(c3cc4cnc(C)nc4o3)CC(=O)NC1=O)C2. The molecule has 1 N–H and O–H groups in total. The lowest BCUT2D eigenvalue weighted by atomic mass is 9.82. The zero-order valence-electron chi connectivity index (χ0n) is 16.7. The number of aryl methyl sites for hydroxylation is 1. The van der Waals surface area contributed by atoms with Crippen LogP contribution in [0.3, 0.4) is 0 Å².